The number of hydrogen-bond acceptors (Lipinski definition) is 2. The second-order valence-electron chi connectivity index (χ2n) is 6.47. The Hall–Kier alpha value is -1.82. The minimum absolute atomic E-state index is 0.184. The lowest BCUT2D eigenvalue weighted by atomic mass is 9.96. The first-order valence-corrected chi connectivity index (χ1v) is 10.2. The lowest BCUT2D eigenvalue weighted by Crippen LogP contribution is -2.39. The molecule has 4 nitrogen and oxygen atoms in total. The van der Waals surface area contributed by atoms with Crippen molar-refractivity contribution in [2.45, 2.75) is 23.7 Å². The number of halogens is 1. The molecule has 0 radical (unpaired) electrons. The van der Waals surface area contributed by atoms with Crippen molar-refractivity contribution in [1.29, 1.82) is 0 Å². The normalized spacial score (nSPS) is 19.3. The van der Waals surface area contributed by atoms with Crippen LogP contribution >= 0.6 is 11.6 Å². The van der Waals surface area contributed by atoms with E-state index in [9.17, 15) is 8.42 Å². The van der Waals surface area contributed by atoms with Gasteiger partial charge in [-0.05, 0) is 54.6 Å². The van der Waals surface area contributed by atoms with Gasteiger partial charge in [-0.1, -0.05) is 29.8 Å². The van der Waals surface area contributed by atoms with Crippen LogP contribution in [0.1, 0.15) is 24.5 Å². The third-order valence-electron chi connectivity index (χ3n) is 4.83. The average molecular weight is 375 g/mol. The quantitative estimate of drug-likeness (QED) is 0.739. The molecule has 0 amide bonds. The summed E-state index contributed by atoms with van der Waals surface area (Å²) in [5, 5.41) is 1.70. The molecule has 1 aliphatic rings. The summed E-state index contributed by atoms with van der Waals surface area (Å²) in [6.07, 6.45) is 1.84. The van der Waals surface area contributed by atoms with Crippen LogP contribution in [0.4, 0.5) is 0 Å². The highest BCUT2D eigenvalue weighted by Crippen LogP contribution is 2.31. The van der Waals surface area contributed by atoms with Gasteiger partial charge in [0.25, 0.3) is 0 Å². The van der Waals surface area contributed by atoms with Crippen molar-refractivity contribution in [3.8, 4) is 0 Å². The minimum atomic E-state index is -3.49. The van der Waals surface area contributed by atoms with Gasteiger partial charge in [0.15, 0.2) is 0 Å². The van der Waals surface area contributed by atoms with Crippen LogP contribution in [0.2, 0.25) is 5.02 Å². The molecule has 1 saturated heterocycles. The first kappa shape index (κ1) is 16.6. The number of sulfonamides is 1. The Kier molecular flexibility index (Phi) is 4.31. The first-order chi connectivity index (χ1) is 12.0. The number of piperidine rings is 1. The fraction of sp³-hybridized carbons (Fsp3) is 0.263. The van der Waals surface area contributed by atoms with E-state index in [-0.39, 0.29) is 5.92 Å². The highest BCUT2D eigenvalue weighted by atomic mass is 35.5. The SMILES string of the molecule is O=S(=O)(c1ccc(Cl)cc1)N1CCCC(c2cc3ccccc3[nH]2)C1. The molecule has 3 aromatic rings. The summed E-state index contributed by atoms with van der Waals surface area (Å²) in [7, 11) is -3.49. The molecule has 1 atom stereocenters. The largest absolute Gasteiger partial charge is 0.358 e. The zero-order valence-electron chi connectivity index (χ0n) is 13.7. The van der Waals surface area contributed by atoms with E-state index in [0.29, 0.717) is 23.0 Å². The van der Waals surface area contributed by atoms with Crippen molar-refractivity contribution >= 4 is 32.5 Å². The molecule has 0 aliphatic carbocycles. The van der Waals surface area contributed by atoms with E-state index >= 15 is 0 Å². The smallest absolute Gasteiger partial charge is 0.243 e. The van der Waals surface area contributed by atoms with E-state index in [1.54, 1.807) is 28.6 Å². The number of aromatic nitrogens is 1. The van der Waals surface area contributed by atoms with Crippen LogP contribution in [0.15, 0.2) is 59.5 Å². The molecule has 4 rings (SSSR count). The second-order valence-corrected chi connectivity index (χ2v) is 8.84. The minimum Gasteiger partial charge on any atom is -0.358 e. The molecule has 0 spiro atoms. The molecule has 2 heterocycles. The van der Waals surface area contributed by atoms with Crippen molar-refractivity contribution < 1.29 is 8.42 Å². The number of para-hydroxylation sites is 1. The van der Waals surface area contributed by atoms with Gasteiger partial charge in [0, 0.05) is 35.2 Å². The van der Waals surface area contributed by atoms with Crippen LogP contribution in [-0.2, 0) is 10.0 Å². The van der Waals surface area contributed by atoms with Crippen molar-refractivity contribution in [3.05, 3.63) is 65.3 Å². The number of nitrogens with one attached hydrogen (secondary N) is 1. The van der Waals surface area contributed by atoms with Crippen molar-refractivity contribution in [2.75, 3.05) is 13.1 Å². The Morgan fingerprint density at radius 3 is 2.60 bits per heavy atom. The van der Waals surface area contributed by atoms with Gasteiger partial charge in [0.1, 0.15) is 0 Å². The molecule has 1 aromatic heterocycles. The maximum absolute atomic E-state index is 12.9. The van der Waals surface area contributed by atoms with Gasteiger partial charge in [-0.3, -0.25) is 0 Å². The fourth-order valence-corrected chi connectivity index (χ4v) is 5.14. The zero-order valence-corrected chi connectivity index (χ0v) is 15.2. The number of fused-ring (bicyclic) bond motifs is 1. The predicted molar refractivity (Wildman–Crippen MR) is 100 cm³/mol. The summed E-state index contributed by atoms with van der Waals surface area (Å²) < 4.78 is 27.4. The summed E-state index contributed by atoms with van der Waals surface area (Å²) in [5.41, 5.74) is 2.20. The molecule has 2 aromatic carbocycles. The van der Waals surface area contributed by atoms with Gasteiger partial charge in [-0.2, -0.15) is 4.31 Å². The highest BCUT2D eigenvalue weighted by Gasteiger charge is 2.31. The topological polar surface area (TPSA) is 53.2 Å². The molecule has 1 fully saturated rings. The van der Waals surface area contributed by atoms with Crippen LogP contribution in [0.3, 0.4) is 0 Å². The van der Waals surface area contributed by atoms with Gasteiger partial charge in [-0.25, -0.2) is 8.42 Å². The molecule has 1 N–H and O–H groups in total. The number of benzene rings is 2. The van der Waals surface area contributed by atoms with Crippen molar-refractivity contribution in [1.82, 2.24) is 9.29 Å². The maximum Gasteiger partial charge on any atom is 0.243 e. The molecule has 0 bridgehead atoms. The summed E-state index contributed by atoms with van der Waals surface area (Å²) in [6, 6.07) is 16.6. The Morgan fingerprint density at radius 2 is 1.84 bits per heavy atom. The molecular formula is C19H19ClN2O2S. The van der Waals surface area contributed by atoms with Crippen molar-refractivity contribution in [3.63, 3.8) is 0 Å². The number of nitrogens with zero attached hydrogens (tertiary/aromatic N) is 1. The van der Waals surface area contributed by atoms with Gasteiger partial charge in [0.2, 0.25) is 10.0 Å². The maximum atomic E-state index is 12.9. The Balaban J connectivity index is 1.61. The molecular weight excluding hydrogens is 356 g/mol. The third-order valence-corrected chi connectivity index (χ3v) is 6.96. The predicted octanol–water partition coefficient (Wildman–Crippen LogP) is 4.39. The van der Waals surface area contributed by atoms with E-state index in [0.717, 1.165) is 29.4 Å². The average Bonchev–Trinajstić information content (AvgIpc) is 3.06. The number of H-pyrrole nitrogens is 1. The second kappa shape index (κ2) is 6.48. The number of rotatable bonds is 3. The fourth-order valence-electron chi connectivity index (χ4n) is 3.49. The molecule has 6 heteroatoms. The van der Waals surface area contributed by atoms with Crippen LogP contribution < -0.4 is 0 Å². The molecule has 130 valence electrons. The lowest BCUT2D eigenvalue weighted by Gasteiger charge is -2.31. The summed E-state index contributed by atoms with van der Waals surface area (Å²) in [5.74, 6) is 0.184. The highest BCUT2D eigenvalue weighted by molar-refractivity contribution is 7.89. The molecule has 1 unspecified atom stereocenters. The molecule has 25 heavy (non-hydrogen) atoms. The Bertz CT molecular complexity index is 963. The van der Waals surface area contributed by atoms with Crippen molar-refractivity contribution in [2.24, 2.45) is 0 Å². The van der Waals surface area contributed by atoms with Crippen LogP contribution in [0.25, 0.3) is 10.9 Å². The van der Waals surface area contributed by atoms with Gasteiger partial charge in [0.05, 0.1) is 4.90 Å². The van der Waals surface area contributed by atoms with Gasteiger partial charge < -0.3 is 4.98 Å². The monoisotopic (exact) mass is 374 g/mol. The van der Waals surface area contributed by atoms with E-state index in [2.05, 4.69) is 17.1 Å². The number of hydrogen-bond donors (Lipinski definition) is 1. The zero-order chi connectivity index (χ0) is 17.4. The van der Waals surface area contributed by atoms with Gasteiger partial charge >= 0.3 is 0 Å². The van der Waals surface area contributed by atoms with E-state index < -0.39 is 10.0 Å². The van der Waals surface area contributed by atoms with Crippen LogP contribution in [0.5, 0.6) is 0 Å². The number of aromatic amines is 1. The van der Waals surface area contributed by atoms with E-state index in [1.807, 2.05) is 18.2 Å². The summed E-state index contributed by atoms with van der Waals surface area (Å²) in [4.78, 5) is 3.75. The van der Waals surface area contributed by atoms with Gasteiger partial charge in [-0.15, -0.1) is 0 Å². The Morgan fingerprint density at radius 1 is 1.08 bits per heavy atom. The van der Waals surface area contributed by atoms with Crippen LogP contribution in [-0.4, -0.2) is 30.8 Å². The molecule has 0 saturated carbocycles. The standard InChI is InChI=1S/C19H19ClN2O2S/c20-16-7-9-17(10-8-16)25(23,24)22-11-3-5-15(13-22)19-12-14-4-1-2-6-18(14)21-19/h1-2,4,6-10,12,15,21H,3,5,11,13H2. The summed E-state index contributed by atoms with van der Waals surface area (Å²) in [6.45, 7) is 1.06. The Labute approximate surface area is 152 Å². The third kappa shape index (κ3) is 3.19. The first-order valence-electron chi connectivity index (χ1n) is 8.37. The van der Waals surface area contributed by atoms with E-state index in [4.69, 9.17) is 11.6 Å². The summed E-state index contributed by atoms with van der Waals surface area (Å²) >= 11 is 5.88. The lowest BCUT2D eigenvalue weighted by molar-refractivity contribution is 0.313. The molecule has 1 aliphatic heterocycles. The van der Waals surface area contributed by atoms with Crippen LogP contribution in [0, 0.1) is 0 Å². The van der Waals surface area contributed by atoms with E-state index in [1.165, 1.54) is 0 Å².